The van der Waals surface area contributed by atoms with Crippen molar-refractivity contribution in [3.8, 4) is 5.75 Å². The average molecular weight is 295 g/mol. The van der Waals surface area contributed by atoms with Crippen LogP contribution in [0.1, 0.15) is 58.1 Å². The highest BCUT2D eigenvalue weighted by molar-refractivity contribution is 5.44. The molecule has 21 heavy (non-hydrogen) atoms. The summed E-state index contributed by atoms with van der Waals surface area (Å²) in [6.07, 6.45) is 3.69. The fourth-order valence-corrected chi connectivity index (χ4v) is 2.21. The summed E-state index contributed by atoms with van der Waals surface area (Å²) in [6, 6.07) is 4.37. The summed E-state index contributed by atoms with van der Waals surface area (Å²) in [5.41, 5.74) is 0.436. The molecule has 0 radical (unpaired) electrons. The molecule has 2 atom stereocenters. The topological polar surface area (TPSA) is 72.6 Å². The second-order valence-corrected chi connectivity index (χ2v) is 5.38. The highest BCUT2D eigenvalue weighted by Crippen LogP contribution is 2.30. The lowest BCUT2D eigenvalue weighted by molar-refractivity contribution is -0.385. The number of hydrogen-bond donors (Lipinski definition) is 1. The molecule has 0 aliphatic rings. The van der Waals surface area contributed by atoms with Crippen LogP contribution in [0, 0.1) is 16.0 Å². The maximum absolute atomic E-state index is 10.8. The van der Waals surface area contributed by atoms with Gasteiger partial charge in [0.2, 0.25) is 0 Å². The Morgan fingerprint density at radius 1 is 1.38 bits per heavy atom. The minimum absolute atomic E-state index is 0.0312. The van der Waals surface area contributed by atoms with Crippen LogP contribution in [-0.2, 0) is 0 Å². The number of aliphatic hydroxyl groups excluding tert-OH is 1. The van der Waals surface area contributed by atoms with E-state index in [1.807, 2.05) is 0 Å². The molecule has 0 aromatic heterocycles. The number of nitro benzene ring substituents is 1. The quantitative estimate of drug-likeness (QED) is 0.546. The molecule has 1 N–H and O–H groups in total. The molecule has 2 unspecified atom stereocenters. The van der Waals surface area contributed by atoms with Gasteiger partial charge >= 0.3 is 0 Å². The van der Waals surface area contributed by atoms with Gasteiger partial charge in [0, 0.05) is 17.7 Å². The van der Waals surface area contributed by atoms with Gasteiger partial charge in [-0.3, -0.25) is 10.1 Å². The summed E-state index contributed by atoms with van der Waals surface area (Å²) in [5, 5.41) is 20.6. The highest BCUT2D eigenvalue weighted by atomic mass is 16.6. The van der Waals surface area contributed by atoms with Crippen molar-refractivity contribution < 1.29 is 14.8 Å². The highest BCUT2D eigenvalue weighted by Gasteiger charge is 2.16. The van der Waals surface area contributed by atoms with Crippen LogP contribution in [0.5, 0.6) is 5.75 Å². The van der Waals surface area contributed by atoms with Gasteiger partial charge in [-0.1, -0.05) is 33.1 Å². The summed E-state index contributed by atoms with van der Waals surface area (Å²) in [7, 11) is 0. The Morgan fingerprint density at radius 3 is 2.62 bits per heavy atom. The standard InChI is InChI=1S/C16H25NO4/c1-4-6-7-13(5-2)11-21-16-9-8-14(17(19)20)10-15(16)12(3)18/h8-10,12-13,18H,4-7,11H2,1-3H3. The lowest BCUT2D eigenvalue weighted by Crippen LogP contribution is -2.12. The number of aliphatic hydroxyl groups is 1. The summed E-state index contributed by atoms with van der Waals surface area (Å²) in [5.74, 6) is 1.01. The van der Waals surface area contributed by atoms with Crippen molar-refractivity contribution in [1.82, 2.24) is 0 Å². The van der Waals surface area contributed by atoms with Crippen LogP contribution in [0.2, 0.25) is 0 Å². The van der Waals surface area contributed by atoms with Crippen molar-refractivity contribution in [2.75, 3.05) is 6.61 Å². The molecule has 1 rings (SSSR count). The first-order chi connectivity index (χ1) is 9.99. The Bertz CT molecular complexity index is 460. The first-order valence-electron chi connectivity index (χ1n) is 7.58. The van der Waals surface area contributed by atoms with E-state index in [0.29, 0.717) is 23.8 Å². The van der Waals surface area contributed by atoms with Gasteiger partial charge in [-0.2, -0.15) is 0 Å². The molecule has 118 valence electrons. The Hall–Kier alpha value is -1.62. The van der Waals surface area contributed by atoms with Crippen molar-refractivity contribution in [3.05, 3.63) is 33.9 Å². The monoisotopic (exact) mass is 295 g/mol. The van der Waals surface area contributed by atoms with Crippen molar-refractivity contribution >= 4 is 5.69 Å². The first kappa shape index (κ1) is 17.4. The van der Waals surface area contributed by atoms with Gasteiger partial charge in [0.25, 0.3) is 5.69 Å². The van der Waals surface area contributed by atoms with Gasteiger partial charge in [0.1, 0.15) is 5.75 Å². The van der Waals surface area contributed by atoms with Gasteiger partial charge in [0.05, 0.1) is 17.6 Å². The molecule has 1 aromatic rings. The second-order valence-electron chi connectivity index (χ2n) is 5.38. The number of rotatable bonds is 9. The zero-order valence-corrected chi connectivity index (χ0v) is 13.0. The fraction of sp³-hybridized carbons (Fsp3) is 0.625. The lowest BCUT2D eigenvalue weighted by Gasteiger charge is -2.18. The van der Waals surface area contributed by atoms with Crippen LogP contribution >= 0.6 is 0 Å². The van der Waals surface area contributed by atoms with E-state index < -0.39 is 11.0 Å². The number of nitro groups is 1. The first-order valence-corrected chi connectivity index (χ1v) is 7.58. The van der Waals surface area contributed by atoms with Crippen LogP contribution in [0.3, 0.4) is 0 Å². The van der Waals surface area contributed by atoms with Crippen molar-refractivity contribution in [2.24, 2.45) is 5.92 Å². The summed E-state index contributed by atoms with van der Waals surface area (Å²) < 4.78 is 5.80. The van der Waals surface area contributed by atoms with Crippen LogP contribution in [-0.4, -0.2) is 16.6 Å². The van der Waals surface area contributed by atoms with Crippen molar-refractivity contribution in [2.45, 2.75) is 52.6 Å². The molecular weight excluding hydrogens is 270 g/mol. The molecule has 5 heteroatoms. The summed E-state index contributed by atoms with van der Waals surface area (Å²) >= 11 is 0. The third kappa shape index (κ3) is 5.34. The van der Waals surface area contributed by atoms with E-state index in [2.05, 4.69) is 13.8 Å². The lowest BCUT2D eigenvalue weighted by atomic mass is 10.0. The predicted molar refractivity (Wildman–Crippen MR) is 82.5 cm³/mol. The molecule has 0 aliphatic heterocycles. The van der Waals surface area contributed by atoms with Gasteiger partial charge in [-0.25, -0.2) is 0 Å². The Labute approximate surface area is 126 Å². The van der Waals surface area contributed by atoms with Gasteiger partial charge in [-0.05, 0) is 25.3 Å². The number of non-ortho nitro benzene ring substituents is 1. The Morgan fingerprint density at radius 2 is 2.10 bits per heavy atom. The normalized spacial score (nSPS) is 13.7. The molecule has 0 fully saturated rings. The predicted octanol–water partition coefficient (Wildman–Crippen LogP) is 4.24. The largest absolute Gasteiger partial charge is 0.493 e. The number of nitrogens with zero attached hydrogens (tertiary/aromatic N) is 1. The third-order valence-electron chi connectivity index (χ3n) is 3.67. The number of ether oxygens (including phenoxy) is 1. The SMILES string of the molecule is CCCCC(CC)COc1ccc([N+](=O)[O-])cc1C(C)O. The van der Waals surface area contributed by atoms with Gasteiger partial charge < -0.3 is 9.84 Å². The van der Waals surface area contributed by atoms with Crippen molar-refractivity contribution in [3.63, 3.8) is 0 Å². The molecule has 1 aromatic carbocycles. The van der Waals surface area contributed by atoms with Gasteiger partial charge in [-0.15, -0.1) is 0 Å². The molecule has 0 spiro atoms. The van der Waals surface area contributed by atoms with E-state index in [9.17, 15) is 15.2 Å². The smallest absolute Gasteiger partial charge is 0.270 e. The zero-order valence-electron chi connectivity index (χ0n) is 13.0. The van der Waals surface area contributed by atoms with Crippen LogP contribution < -0.4 is 4.74 Å². The van der Waals surface area contributed by atoms with E-state index in [4.69, 9.17) is 4.74 Å². The maximum Gasteiger partial charge on any atom is 0.270 e. The molecule has 0 saturated carbocycles. The minimum Gasteiger partial charge on any atom is -0.493 e. The Balaban J connectivity index is 2.80. The number of unbranched alkanes of at least 4 members (excludes halogenated alkanes) is 1. The van der Waals surface area contributed by atoms with Crippen LogP contribution in [0.25, 0.3) is 0 Å². The van der Waals surface area contributed by atoms with E-state index >= 15 is 0 Å². The molecule has 0 amide bonds. The molecule has 0 heterocycles. The number of benzene rings is 1. The minimum atomic E-state index is -0.796. The molecule has 5 nitrogen and oxygen atoms in total. The van der Waals surface area contributed by atoms with Gasteiger partial charge in [0.15, 0.2) is 0 Å². The maximum atomic E-state index is 10.8. The van der Waals surface area contributed by atoms with Crippen LogP contribution in [0.4, 0.5) is 5.69 Å². The number of hydrogen-bond acceptors (Lipinski definition) is 4. The molecule has 0 bridgehead atoms. The van der Waals surface area contributed by atoms with Crippen molar-refractivity contribution in [1.29, 1.82) is 0 Å². The zero-order chi connectivity index (χ0) is 15.8. The van der Waals surface area contributed by atoms with E-state index in [1.54, 1.807) is 13.0 Å². The summed E-state index contributed by atoms with van der Waals surface area (Å²) in [4.78, 5) is 10.3. The molecule has 0 aliphatic carbocycles. The molecular formula is C16H25NO4. The van der Waals surface area contributed by atoms with Crippen LogP contribution in [0.15, 0.2) is 18.2 Å². The third-order valence-corrected chi connectivity index (χ3v) is 3.67. The molecule has 0 saturated heterocycles. The van der Waals surface area contributed by atoms with E-state index in [0.717, 1.165) is 19.3 Å². The Kier molecular flexibility index (Phi) is 7.15. The fourth-order valence-electron chi connectivity index (χ4n) is 2.21. The summed E-state index contributed by atoms with van der Waals surface area (Å²) in [6.45, 7) is 6.46. The average Bonchev–Trinajstić information content (AvgIpc) is 2.47. The van der Waals surface area contributed by atoms with E-state index in [1.165, 1.54) is 18.6 Å². The second kappa shape index (κ2) is 8.62. The van der Waals surface area contributed by atoms with E-state index in [-0.39, 0.29) is 5.69 Å².